The van der Waals surface area contributed by atoms with E-state index in [9.17, 15) is 4.79 Å². The minimum Gasteiger partial charge on any atom is -0.375 e. The highest BCUT2D eigenvalue weighted by molar-refractivity contribution is 5.94. The maximum absolute atomic E-state index is 12.5. The van der Waals surface area contributed by atoms with E-state index in [-0.39, 0.29) is 11.5 Å². The summed E-state index contributed by atoms with van der Waals surface area (Å²) in [6.45, 7) is 9.58. The number of likely N-dealkylation sites (tertiary alicyclic amines) is 1. The van der Waals surface area contributed by atoms with Gasteiger partial charge in [-0.25, -0.2) is 4.98 Å². The summed E-state index contributed by atoms with van der Waals surface area (Å²) in [5, 5.41) is 3.03. The van der Waals surface area contributed by atoms with E-state index in [2.05, 4.69) is 33.6 Å². The summed E-state index contributed by atoms with van der Waals surface area (Å²) in [6, 6.07) is 5.91. The number of hydrogen-bond donors (Lipinski definition) is 1. The van der Waals surface area contributed by atoms with Crippen LogP contribution in [-0.2, 0) is 16.6 Å². The van der Waals surface area contributed by atoms with Gasteiger partial charge in [0.25, 0.3) is 0 Å². The molecule has 0 saturated carbocycles. The fourth-order valence-corrected chi connectivity index (χ4v) is 4.66. The highest BCUT2D eigenvalue weighted by Gasteiger charge is 2.45. The molecule has 2 aliphatic heterocycles. The molecule has 0 radical (unpaired) electrons. The van der Waals surface area contributed by atoms with Gasteiger partial charge in [-0.1, -0.05) is 0 Å². The highest BCUT2D eigenvalue weighted by Crippen LogP contribution is 2.46. The fourth-order valence-electron chi connectivity index (χ4n) is 4.66. The molecule has 0 aliphatic carbocycles. The summed E-state index contributed by atoms with van der Waals surface area (Å²) in [7, 11) is 2.00. The molecule has 146 valence electrons. The first-order valence-corrected chi connectivity index (χ1v) is 9.85. The average Bonchev–Trinajstić information content (AvgIpc) is 3.06. The third-order valence-corrected chi connectivity index (χ3v) is 6.24. The molecule has 2 saturated heterocycles. The molecule has 27 heavy (non-hydrogen) atoms. The summed E-state index contributed by atoms with van der Waals surface area (Å²) in [6.07, 6.45) is 3.36. The van der Waals surface area contributed by atoms with Crippen LogP contribution < -0.4 is 5.32 Å². The van der Waals surface area contributed by atoms with Crippen LogP contribution in [0, 0.1) is 12.3 Å². The number of aryl methyl sites for hydroxylation is 2. The number of rotatable bonds is 3. The lowest BCUT2D eigenvalue weighted by Crippen LogP contribution is -2.44. The number of carbonyl (C=O) groups excluding carboxylic acids is 1. The van der Waals surface area contributed by atoms with E-state index < -0.39 is 0 Å². The number of aromatic nitrogens is 2. The zero-order valence-corrected chi connectivity index (χ0v) is 16.8. The monoisotopic (exact) mass is 370 g/mol. The molecule has 6 nitrogen and oxygen atoms in total. The molecule has 0 bridgehead atoms. The Morgan fingerprint density at radius 3 is 2.70 bits per heavy atom. The van der Waals surface area contributed by atoms with Crippen LogP contribution in [0.25, 0.3) is 11.0 Å². The van der Waals surface area contributed by atoms with Crippen molar-refractivity contribution in [3.05, 3.63) is 24.0 Å². The summed E-state index contributed by atoms with van der Waals surface area (Å²) in [5.41, 5.74) is 3.12. The van der Waals surface area contributed by atoms with E-state index in [1.807, 2.05) is 32.2 Å². The summed E-state index contributed by atoms with van der Waals surface area (Å²) < 4.78 is 8.02. The van der Waals surface area contributed by atoms with Gasteiger partial charge in [-0.3, -0.25) is 9.69 Å². The molecule has 1 aromatic carbocycles. The molecule has 3 heterocycles. The van der Waals surface area contributed by atoms with Crippen molar-refractivity contribution in [2.45, 2.75) is 45.6 Å². The Labute approximate surface area is 160 Å². The number of hydrogen-bond acceptors (Lipinski definition) is 4. The maximum atomic E-state index is 12.5. The number of benzene rings is 1. The fraction of sp³-hybridized carbons (Fsp3) is 0.619. The number of nitrogens with one attached hydrogen (secondary N) is 1. The van der Waals surface area contributed by atoms with Gasteiger partial charge in [0.15, 0.2) is 0 Å². The molecule has 1 amide bonds. The third-order valence-electron chi connectivity index (χ3n) is 6.24. The SMILES string of the molecule is Cc1nc2cc(NC(=O)CN3CCC4(CC3)COC(C)(C)C4)ccc2n1C. The summed E-state index contributed by atoms with van der Waals surface area (Å²) >= 11 is 0. The second kappa shape index (κ2) is 6.60. The Morgan fingerprint density at radius 1 is 1.30 bits per heavy atom. The molecular weight excluding hydrogens is 340 g/mol. The Bertz CT molecular complexity index is 862. The number of carbonyl (C=O) groups is 1. The third kappa shape index (κ3) is 3.73. The Hall–Kier alpha value is -1.92. The van der Waals surface area contributed by atoms with Gasteiger partial charge in [-0.15, -0.1) is 0 Å². The number of piperidine rings is 1. The van der Waals surface area contributed by atoms with E-state index in [0.29, 0.717) is 12.0 Å². The van der Waals surface area contributed by atoms with E-state index in [1.54, 1.807) is 0 Å². The molecule has 1 N–H and O–H groups in total. The van der Waals surface area contributed by atoms with Gasteiger partial charge >= 0.3 is 0 Å². The van der Waals surface area contributed by atoms with E-state index in [1.165, 1.54) is 0 Å². The largest absolute Gasteiger partial charge is 0.375 e. The molecule has 2 fully saturated rings. The van der Waals surface area contributed by atoms with Gasteiger partial charge in [-0.2, -0.15) is 0 Å². The lowest BCUT2D eigenvalue weighted by atomic mass is 9.74. The normalized spacial score (nSPS) is 21.8. The molecule has 0 unspecified atom stereocenters. The van der Waals surface area contributed by atoms with Crippen molar-refractivity contribution in [1.29, 1.82) is 0 Å². The maximum Gasteiger partial charge on any atom is 0.238 e. The molecular formula is C21H30N4O2. The van der Waals surface area contributed by atoms with Crippen LogP contribution in [0.5, 0.6) is 0 Å². The van der Waals surface area contributed by atoms with Crippen molar-refractivity contribution in [3.8, 4) is 0 Å². The van der Waals surface area contributed by atoms with Crippen molar-refractivity contribution >= 4 is 22.6 Å². The van der Waals surface area contributed by atoms with Crippen molar-refractivity contribution in [2.75, 3.05) is 31.6 Å². The van der Waals surface area contributed by atoms with E-state index in [4.69, 9.17) is 4.74 Å². The number of amides is 1. The van der Waals surface area contributed by atoms with Crippen LogP contribution in [0.15, 0.2) is 18.2 Å². The number of ether oxygens (including phenoxy) is 1. The van der Waals surface area contributed by atoms with Gasteiger partial charge < -0.3 is 14.6 Å². The molecule has 0 atom stereocenters. The average molecular weight is 370 g/mol. The first-order chi connectivity index (χ1) is 12.8. The topological polar surface area (TPSA) is 59.4 Å². The lowest BCUT2D eigenvalue weighted by molar-refractivity contribution is -0.117. The summed E-state index contributed by atoms with van der Waals surface area (Å²) in [4.78, 5) is 19.3. The standard InChI is InChI=1S/C21H30N4O2/c1-15-22-17-11-16(5-6-18(17)24(15)4)23-19(26)12-25-9-7-21(8-10-25)13-20(2,3)27-14-21/h5-6,11H,7-10,12-14H2,1-4H3,(H,23,26). The predicted octanol–water partition coefficient (Wildman–Crippen LogP) is 3.10. The minimum absolute atomic E-state index is 0.00200. The smallest absolute Gasteiger partial charge is 0.238 e. The van der Waals surface area contributed by atoms with Crippen LogP contribution in [0.3, 0.4) is 0 Å². The van der Waals surface area contributed by atoms with E-state index >= 15 is 0 Å². The Balaban J connectivity index is 1.33. The second-order valence-electron chi connectivity index (χ2n) is 8.97. The second-order valence-corrected chi connectivity index (χ2v) is 8.97. The molecule has 1 aromatic heterocycles. The zero-order chi connectivity index (χ0) is 19.2. The highest BCUT2D eigenvalue weighted by atomic mass is 16.5. The van der Waals surface area contributed by atoms with Crippen molar-refractivity contribution < 1.29 is 9.53 Å². The van der Waals surface area contributed by atoms with Gasteiger partial charge in [0, 0.05) is 12.7 Å². The van der Waals surface area contributed by atoms with Crippen molar-refractivity contribution in [3.63, 3.8) is 0 Å². The van der Waals surface area contributed by atoms with Crippen LogP contribution >= 0.6 is 0 Å². The number of nitrogens with zero attached hydrogens (tertiary/aromatic N) is 3. The minimum atomic E-state index is 0.00200. The first-order valence-electron chi connectivity index (χ1n) is 9.85. The molecule has 6 heteroatoms. The van der Waals surface area contributed by atoms with Crippen LogP contribution in [0.1, 0.15) is 38.9 Å². The van der Waals surface area contributed by atoms with E-state index in [0.717, 1.165) is 61.5 Å². The molecule has 1 spiro atoms. The number of anilines is 1. The van der Waals surface area contributed by atoms with Gasteiger partial charge in [-0.05, 0) is 76.7 Å². The molecule has 2 aliphatic rings. The Morgan fingerprint density at radius 2 is 2.04 bits per heavy atom. The predicted molar refractivity (Wildman–Crippen MR) is 107 cm³/mol. The quantitative estimate of drug-likeness (QED) is 0.902. The van der Waals surface area contributed by atoms with Gasteiger partial charge in [0.2, 0.25) is 5.91 Å². The van der Waals surface area contributed by atoms with Gasteiger partial charge in [0.1, 0.15) is 5.82 Å². The van der Waals surface area contributed by atoms with Crippen molar-refractivity contribution in [2.24, 2.45) is 12.5 Å². The summed E-state index contributed by atoms with van der Waals surface area (Å²) in [5.74, 6) is 1.01. The van der Waals surface area contributed by atoms with Crippen LogP contribution in [-0.4, -0.2) is 52.2 Å². The molecule has 2 aromatic rings. The zero-order valence-electron chi connectivity index (χ0n) is 16.8. The molecule has 4 rings (SSSR count). The Kier molecular flexibility index (Phi) is 4.51. The van der Waals surface area contributed by atoms with Crippen molar-refractivity contribution in [1.82, 2.24) is 14.5 Å². The van der Waals surface area contributed by atoms with Crippen LogP contribution in [0.2, 0.25) is 0 Å². The number of fused-ring (bicyclic) bond motifs is 1. The number of imidazole rings is 1. The lowest BCUT2D eigenvalue weighted by Gasteiger charge is -2.38. The first kappa shape index (κ1) is 18.4. The van der Waals surface area contributed by atoms with Gasteiger partial charge in [0.05, 0.1) is 29.8 Å². The van der Waals surface area contributed by atoms with Crippen LogP contribution in [0.4, 0.5) is 5.69 Å².